The summed E-state index contributed by atoms with van der Waals surface area (Å²) in [5.41, 5.74) is 0.812. The van der Waals surface area contributed by atoms with Crippen LogP contribution < -0.4 is 5.32 Å². The molecular formula is C15H21NO7. The number of alkyl carbamates (subject to hydrolysis) is 1. The van der Waals surface area contributed by atoms with Gasteiger partial charge in [0.25, 0.3) is 0 Å². The van der Waals surface area contributed by atoms with Crippen molar-refractivity contribution >= 4 is 6.09 Å². The number of carbonyl (C=O) groups is 1. The maximum atomic E-state index is 11.9. The SMILES string of the molecule is COC1O[C@H](CO)[C@@H](O)[C@H](O)[C@H]1NC(=O)OCc1ccccc1. The minimum atomic E-state index is -1.37. The highest BCUT2D eigenvalue weighted by Gasteiger charge is 2.45. The average Bonchev–Trinajstić information content (AvgIpc) is 2.58. The molecule has 23 heavy (non-hydrogen) atoms. The number of ether oxygens (including phenoxy) is 3. The van der Waals surface area contributed by atoms with Gasteiger partial charge >= 0.3 is 6.09 Å². The van der Waals surface area contributed by atoms with Crippen LogP contribution in [0.1, 0.15) is 5.56 Å². The van der Waals surface area contributed by atoms with Gasteiger partial charge in [0.1, 0.15) is 31.0 Å². The van der Waals surface area contributed by atoms with E-state index in [1.807, 2.05) is 18.2 Å². The number of benzene rings is 1. The highest BCUT2D eigenvalue weighted by Crippen LogP contribution is 2.21. The molecule has 1 aromatic rings. The fourth-order valence-corrected chi connectivity index (χ4v) is 2.34. The normalized spacial score (nSPS) is 30.7. The van der Waals surface area contributed by atoms with Crippen molar-refractivity contribution in [3.63, 3.8) is 0 Å². The fourth-order valence-electron chi connectivity index (χ4n) is 2.34. The largest absolute Gasteiger partial charge is 0.445 e. The molecule has 2 rings (SSSR count). The summed E-state index contributed by atoms with van der Waals surface area (Å²) >= 11 is 0. The highest BCUT2D eigenvalue weighted by molar-refractivity contribution is 5.67. The molecule has 8 nitrogen and oxygen atoms in total. The summed E-state index contributed by atoms with van der Waals surface area (Å²) in [6, 6.07) is 8.07. The second kappa shape index (κ2) is 8.23. The van der Waals surface area contributed by atoms with Gasteiger partial charge in [-0.3, -0.25) is 0 Å². The molecule has 1 amide bonds. The number of carbonyl (C=O) groups excluding carboxylic acids is 1. The van der Waals surface area contributed by atoms with Gasteiger partial charge in [-0.1, -0.05) is 30.3 Å². The molecule has 5 atom stereocenters. The summed E-state index contributed by atoms with van der Waals surface area (Å²) in [6.07, 6.45) is -5.51. The molecule has 128 valence electrons. The molecule has 1 unspecified atom stereocenters. The quantitative estimate of drug-likeness (QED) is 0.568. The van der Waals surface area contributed by atoms with Crippen molar-refractivity contribution in [1.29, 1.82) is 0 Å². The van der Waals surface area contributed by atoms with Crippen LogP contribution in [0.25, 0.3) is 0 Å². The van der Waals surface area contributed by atoms with Crippen LogP contribution >= 0.6 is 0 Å². The Morgan fingerprint density at radius 3 is 2.57 bits per heavy atom. The van der Waals surface area contributed by atoms with E-state index in [1.54, 1.807) is 12.1 Å². The van der Waals surface area contributed by atoms with Crippen LogP contribution in [0.5, 0.6) is 0 Å². The Morgan fingerprint density at radius 1 is 1.26 bits per heavy atom. The second-order valence-corrected chi connectivity index (χ2v) is 5.17. The van der Waals surface area contributed by atoms with Crippen molar-refractivity contribution in [2.75, 3.05) is 13.7 Å². The number of hydrogen-bond acceptors (Lipinski definition) is 7. The monoisotopic (exact) mass is 327 g/mol. The van der Waals surface area contributed by atoms with E-state index in [2.05, 4.69) is 5.32 Å². The predicted octanol–water partition coefficient (Wildman–Crippen LogP) is -0.633. The van der Waals surface area contributed by atoms with Crippen LogP contribution in [0.2, 0.25) is 0 Å². The zero-order valence-corrected chi connectivity index (χ0v) is 12.7. The van der Waals surface area contributed by atoms with Gasteiger partial charge in [0.2, 0.25) is 0 Å². The standard InChI is InChI=1S/C15H21NO7/c1-21-14-11(13(19)12(18)10(7-17)23-14)16-15(20)22-8-9-5-3-2-4-6-9/h2-6,10-14,17-19H,7-8H2,1H3,(H,16,20)/t10-,11-,12-,13-,14?/m1/s1. The van der Waals surface area contributed by atoms with E-state index in [0.717, 1.165) is 5.56 Å². The molecule has 0 bridgehead atoms. The third kappa shape index (κ3) is 4.40. The lowest BCUT2D eigenvalue weighted by Gasteiger charge is -2.41. The summed E-state index contributed by atoms with van der Waals surface area (Å²) in [5, 5.41) is 31.5. The topological polar surface area (TPSA) is 117 Å². The number of hydrogen-bond donors (Lipinski definition) is 4. The lowest BCUT2D eigenvalue weighted by Crippen LogP contribution is -2.64. The van der Waals surface area contributed by atoms with E-state index >= 15 is 0 Å². The number of aliphatic hydroxyl groups excluding tert-OH is 3. The minimum absolute atomic E-state index is 0.0653. The van der Waals surface area contributed by atoms with Crippen LogP contribution in [0.3, 0.4) is 0 Å². The zero-order valence-electron chi connectivity index (χ0n) is 12.7. The first kappa shape index (κ1) is 17.6. The predicted molar refractivity (Wildman–Crippen MR) is 78.3 cm³/mol. The summed E-state index contributed by atoms with van der Waals surface area (Å²) in [5.74, 6) is 0. The number of rotatable bonds is 5. The number of nitrogens with one attached hydrogen (secondary N) is 1. The molecule has 1 saturated heterocycles. The Balaban J connectivity index is 1.92. The number of aliphatic hydroxyl groups is 3. The Bertz CT molecular complexity index is 496. The van der Waals surface area contributed by atoms with E-state index in [1.165, 1.54) is 7.11 Å². The van der Waals surface area contributed by atoms with E-state index < -0.39 is 43.3 Å². The molecule has 8 heteroatoms. The van der Waals surface area contributed by atoms with Crippen molar-refractivity contribution in [1.82, 2.24) is 5.32 Å². The van der Waals surface area contributed by atoms with Gasteiger partial charge in [0.15, 0.2) is 6.29 Å². The van der Waals surface area contributed by atoms with Crippen LogP contribution in [-0.4, -0.2) is 65.8 Å². The molecule has 1 aliphatic heterocycles. The highest BCUT2D eigenvalue weighted by atomic mass is 16.7. The Hall–Kier alpha value is -1.71. The molecular weight excluding hydrogens is 306 g/mol. The van der Waals surface area contributed by atoms with Crippen molar-refractivity contribution < 1.29 is 34.3 Å². The lowest BCUT2D eigenvalue weighted by atomic mass is 9.97. The molecule has 0 aliphatic carbocycles. The Morgan fingerprint density at radius 2 is 1.96 bits per heavy atom. The fraction of sp³-hybridized carbons (Fsp3) is 0.533. The Kier molecular flexibility index (Phi) is 6.31. The molecule has 0 radical (unpaired) electrons. The lowest BCUT2D eigenvalue weighted by molar-refractivity contribution is -0.262. The van der Waals surface area contributed by atoms with E-state index in [0.29, 0.717) is 0 Å². The molecule has 1 fully saturated rings. The van der Waals surface area contributed by atoms with Gasteiger partial charge < -0.3 is 34.8 Å². The maximum Gasteiger partial charge on any atom is 0.407 e. The first-order valence-electron chi connectivity index (χ1n) is 7.19. The van der Waals surface area contributed by atoms with Gasteiger partial charge in [-0.05, 0) is 5.56 Å². The van der Waals surface area contributed by atoms with E-state index in [9.17, 15) is 15.0 Å². The first-order chi connectivity index (χ1) is 11.1. The van der Waals surface area contributed by atoms with Crippen molar-refractivity contribution in [3.05, 3.63) is 35.9 Å². The molecule has 0 spiro atoms. The van der Waals surface area contributed by atoms with Gasteiger partial charge in [-0.15, -0.1) is 0 Å². The molecule has 0 saturated carbocycles. The smallest absolute Gasteiger partial charge is 0.407 e. The molecule has 1 aliphatic rings. The van der Waals surface area contributed by atoms with Gasteiger partial charge in [0.05, 0.1) is 6.61 Å². The van der Waals surface area contributed by atoms with E-state index in [4.69, 9.17) is 19.3 Å². The van der Waals surface area contributed by atoms with E-state index in [-0.39, 0.29) is 6.61 Å². The number of amides is 1. The van der Waals surface area contributed by atoms with Gasteiger partial charge in [0, 0.05) is 7.11 Å². The van der Waals surface area contributed by atoms with Crippen molar-refractivity contribution in [2.24, 2.45) is 0 Å². The van der Waals surface area contributed by atoms with Gasteiger partial charge in [-0.2, -0.15) is 0 Å². The summed E-state index contributed by atoms with van der Waals surface area (Å²) < 4.78 is 15.4. The van der Waals surface area contributed by atoms with Gasteiger partial charge in [-0.25, -0.2) is 4.79 Å². The summed E-state index contributed by atoms with van der Waals surface area (Å²) in [4.78, 5) is 11.9. The first-order valence-corrected chi connectivity index (χ1v) is 7.19. The third-order valence-electron chi connectivity index (χ3n) is 3.61. The third-order valence-corrected chi connectivity index (χ3v) is 3.61. The zero-order chi connectivity index (χ0) is 16.8. The minimum Gasteiger partial charge on any atom is -0.445 e. The number of methoxy groups -OCH3 is 1. The molecule has 1 aromatic carbocycles. The molecule has 4 N–H and O–H groups in total. The van der Waals surface area contributed by atoms with Crippen LogP contribution in [0.15, 0.2) is 30.3 Å². The molecule has 1 heterocycles. The second-order valence-electron chi connectivity index (χ2n) is 5.17. The summed E-state index contributed by atoms with van der Waals surface area (Å²) in [6.45, 7) is -0.418. The van der Waals surface area contributed by atoms with Crippen molar-refractivity contribution in [3.8, 4) is 0 Å². The summed E-state index contributed by atoms with van der Waals surface area (Å²) in [7, 11) is 1.33. The Labute approximate surface area is 133 Å². The van der Waals surface area contributed by atoms with Crippen molar-refractivity contribution in [2.45, 2.75) is 37.3 Å². The van der Waals surface area contributed by atoms with Crippen LogP contribution in [-0.2, 0) is 20.8 Å². The van der Waals surface area contributed by atoms with Crippen LogP contribution in [0.4, 0.5) is 4.79 Å². The maximum absolute atomic E-state index is 11.9. The molecule has 0 aromatic heterocycles. The average molecular weight is 327 g/mol. The van der Waals surface area contributed by atoms with Crippen LogP contribution in [0, 0.1) is 0 Å².